The van der Waals surface area contributed by atoms with E-state index >= 15 is 0 Å². The van der Waals surface area contributed by atoms with Crippen LogP contribution >= 0.6 is 27.7 Å². The second kappa shape index (κ2) is 13.4. The largest absolute Gasteiger partial charge is 0.461 e. The predicted octanol–water partition coefficient (Wildman–Crippen LogP) is 4.54. The van der Waals surface area contributed by atoms with Crippen molar-refractivity contribution in [2.24, 2.45) is 0 Å². The van der Waals surface area contributed by atoms with Gasteiger partial charge in [-0.15, -0.1) is 11.8 Å². The summed E-state index contributed by atoms with van der Waals surface area (Å²) in [5, 5.41) is 2.23. The molecule has 2 unspecified atom stereocenters. The van der Waals surface area contributed by atoms with Crippen molar-refractivity contribution in [2.75, 3.05) is 12.4 Å². The lowest BCUT2D eigenvalue weighted by atomic mass is 10.0. The highest BCUT2D eigenvalue weighted by atomic mass is 79.9. The van der Waals surface area contributed by atoms with E-state index in [0.29, 0.717) is 0 Å². The van der Waals surface area contributed by atoms with Crippen LogP contribution in [0.2, 0.25) is 0 Å². The number of nitrogens with one attached hydrogen (secondary N) is 1. The van der Waals surface area contributed by atoms with Gasteiger partial charge in [-0.2, -0.15) is 0 Å². The van der Waals surface area contributed by atoms with E-state index in [0.717, 1.165) is 16.7 Å². The van der Waals surface area contributed by atoms with Gasteiger partial charge in [0.25, 0.3) is 5.91 Å². The van der Waals surface area contributed by atoms with Crippen LogP contribution in [-0.2, 0) is 35.1 Å². The van der Waals surface area contributed by atoms with Crippen molar-refractivity contribution in [1.29, 1.82) is 0 Å². The number of carbonyl (C=O) groups excluding carboxylic acids is 4. The van der Waals surface area contributed by atoms with Crippen molar-refractivity contribution in [3.05, 3.63) is 119 Å². The molecule has 3 atom stereocenters. The number of esters is 2. The number of benzene rings is 3. The normalized spacial score (nSPS) is 18.5. The Labute approximate surface area is 256 Å². The van der Waals surface area contributed by atoms with Gasteiger partial charge in [-0.3, -0.25) is 14.5 Å². The third kappa shape index (κ3) is 6.60. The molecule has 0 aliphatic carbocycles. The van der Waals surface area contributed by atoms with Crippen molar-refractivity contribution in [3.8, 4) is 0 Å². The van der Waals surface area contributed by atoms with Crippen molar-refractivity contribution in [3.63, 3.8) is 0 Å². The maximum Gasteiger partial charge on any atom is 0.356 e. The van der Waals surface area contributed by atoms with Gasteiger partial charge in [-0.25, -0.2) is 9.59 Å². The number of thioether (sulfide) groups is 1. The maximum atomic E-state index is 13.9. The topological polar surface area (TPSA) is 102 Å². The van der Waals surface area contributed by atoms with Crippen molar-refractivity contribution in [2.45, 2.75) is 35.7 Å². The van der Waals surface area contributed by atoms with Crippen LogP contribution in [0, 0.1) is 0 Å². The van der Waals surface area contributed by atoms with Crippen LogP contribution in [0.1, 0.15) is 29.7 Å². The molecule has 216 valence electrons. The lowest BCUT2D eigenvalue weighted by molar-refractivity contribution is -0.155. The van der Waals surface area contributed by atoms with Crippen LogP contribution in [0.4, 0.5) is 0 Å². The first-order chi connectivity index (χ1) is 20.3. The minimum absolute atomic E-state index is 0.0525. The van der Waals surface area contributed by atoms with E-state index in [-0.39, 0.29) is 40.8 Å². The molecule has 2 aliphatic rings. The van der Waals surface area contributed by atoms with E-state index in [4.69, 9.17) is 9.47 Å². The number of rotatable bonds is 10. The molecule has 3 aromatic rings. The van der Waals surface area contributed by atoms with Crippen molar-refractivity contribution in [1.82, 2.24) is 10.2 Å². The van der Waals surface area contributed by atoms with E-state index in [9.17, 15) is 19.2 Å². The van der Waals surface area contributed by atoms with Gasteiger partial charge in [0.15, 0.2) is 6.10 Å². The van der Waals surface area contributed by atoms with Crippen LogP contribution < -0.4 is 5.32 Å². The van der Waals surface area contributed by atoms with Gasteiger partial charge in [0, 0.05) is 10.6 Å². The number of carbonyl (C=O) groups is 4. The minimum Gasteiger partial charge on any atom is -0.461 e. The Bertz CT molecular complexity index is 1440. The Morgan fingerprint density at radius 3 is 2.07 bits per heavy atom. The molecule has 10 heteroatoms. The average molecular weight is 650 g/mol. The highest BCUT2D eigenvalue weighted by molar-refractivity contribution is 9.09. The first-order valence-corrected chi connectivity index (χ1v) is 15.4. The first kappa shape index (κ1) is 29.6. The number of β-lactam (4-membered cyclic amide) rings is 1. The fourth-order valence-electron chi connectivity index (χ4n) is 4.80. The van der Waals surface area contributed by atoms with E-state index in [1.54, 1.807) is 0 Å². The molecule has 0 spiro atoms. The molecule has 2 amide bonds. The third-order valence-corrected chi connectivity index (χ3v) is 8.35. The lowest BCUT2D eigenvalue weighted by Crippen LogP contribution is -2.71. The molecular formula is C32H29BrN2O6S. The molecule has 2 heterocycles. The molecule has 5 rings (SSSR count). The van der Waals surface area contributed by atoms with Gasteiger partial charge in [0.1, 0.15) is 23.7 Å². The second-order valence-corrected chi connectivity index (χ2v) is 12.6. The molecule has 8 nitrogen and oxygen atoms in total. The summed E-state index contributed by atoms with van der Waals surface area (Å²) >= 11 is 4.65. The van der Waals surface area contributed by atoms with Crippen LogP contribution in [0.25, 0.3) is 0 Å². The lowest BCUT2D eigenvalue weighted by Gasteiger charge is -2.49. The van der Waals surface area contributed by atoms with E-state index in [1.807, 2.05) is 97.9 Å². The number of hydrogen-bond acceptors (Lipinski definition) is 7. The molecule has 1 N–H and O–H groups in total. The van der Waals surface area contributed by atoms with Crippen molar-refractivity contribution >= 4 is 51.4 Å². The first-order valence-electron chi connectivity index (χ1n) is 13.5. The zero-order chi connectivity index (χ0) is 29.6. The SMILES string of the molecule is CC(Br)COC(=O)C1=C(C(=O)OC(c2ccccc2)c2ccccc2)N2C(=O)C(NC(=O)Cc3ccccc3)[C@H]2SC1. The number of alkyl halides is 1. The number of fused-ring (bicyclic) bond motifs is 1. The standard InChI is InChI=1S/C32H29BrN2O6S/c1-20(33)18-40-31(38)24-19-42-30-26(34-25(36)17-21-11-5-2-6-12-21)29(37)35(30)27(24)32(39)41-28(22-13-7-3-8-14-22)23-15-9-4-10-16-23/h2-16,20,26,28,30H,17-19H2,1H3,(H,34,36)/t20?,26?,30-/m1/s1. The Morgan fingerprint density at radius 2 is 1.50 bits per heavy atom. The number of halogens is 1. The summed E-state index contributed by atoms with van der Waals surface area (Å²) in [6.07, 6.45) is -0.664. The molecule has 2 aliphatic heterocycles. The minimum atomic E-state index is -0.840. The number of hydrogen-bond donors (Lipinski definition) is 1. The zero-order valence-corrected chi connectivity index (χ0v) is 25.2. The van der Waals surface area contributed by atoms with E-state index < -0.39 is 35.4 Å². The second-order valence-electron chi connectivity index (χ2n) is 9.93. The quantitative estimate of drug-likeness (QED) is 0.196. The third-order valence-electron chi connectivity index (χ3n) is 6.81. The van der Waals surface area contributed by atoms with Gasteiger partial charge in [0.05, 0.1) is 12.0 Å². The molecule has 0 bridgehead atoms. The summed E-state index contributed by atoms with van der Waals surface area (Å²) in [7, 11) is 0. The van der Waals surface area contributed by atoms with E-state index in [2.05, 4.69) is 21.2 Å². The number of ether oxygens (including phenoxy) is 2. The smallest absolute Gasteiger partial charge is 0.356 e. The van der Waals surface area contributed by atoms with Gasteiger partial charge in [-0.1, -0.05) is 107 Å². The van der Waals surface area contributed by atoms with E-state index in [1.165, 1.54) is 16.7 Å². The molecule has 0 saturated carbocycles. The molecule has 0 radical (unpaired) electrons. The predicted molar refractivity (Wildman–Crippen MR) is 162 cm³/mol. The monoisotopic (exact) mass is 648 g/mol. The van der Waals surface area contributed by atoms with Gasteiger partial charge >= 0.3 is 11.9 Å². The Morgan fingerprint density at radius 1 is 0.929 bits per heavy atom. The molecule has 1 fully saturated rings. The number of amides is 2. The highest BCUT2D eigenvalue weighted by Gasteiger charge is 2.55. The van der Waals surface area contributed by atoms with Crippen LogP contribution in [0.15, 0.2) is 102 Å². The summed E-state index contributed by atoms with van der Waals surface area (Å²) in [4.78, 5) is 54.5. The fourth-order valence-corrected chi connectivity index (χ4v) is 6.25. The maximum absolute atomic E-state index is 13.9. The summed E-state index contributed by atoms with van der Waals surface area (Å²) in [6, 6.07) is 26.9. The van der Waals surface area contributed by atoms with Gasteiger partial charge < -0.3 is 14.8 Å². The Hall–Kier alpha value is -3.89. The summed E-state index contributed by atoms with van der Waals surface area (Å²) < 4.78 is 11.5. The fraction of sp³-hybridized carbons (Fsp3) is 0.250. The zero-order valence-electron chi connectivity index (χ0n) is 22.8. The highest BCUT2D eigenvalue weighted by Crippen LogP contribution is 2.42. The van der Waals surface area contributed by atoms with Gasteiger partial charge in [0.2, 0.25) is 5.91 Å². The molecular weight excluding hydrogens is 620 g/mol. The van der Waals surface area contributed by atoms with Crippen molar-refractivity contribution < 1.29 is 28.7 Å². The summed E-state index contributed by atoms with van der Waals surface area (Å²) in [5.74, 6) is -2.20. The average Bonchev–Trinajstić information content (AvgIpc) is 3.01. The summed E-state index contributed by atoms with van der Waals surface area (Å²) in [6.45, 7) is 1.91. The number of nitrogens with zero attached hydrogens (tertiary/aromatic N) is 1. The Kier molecular flexibility index (Phi) is 9.44. The molecule has 3 aromatic carbocycles. The molecule has 0 aromatic heterocycles. The van der Waals surface area contributed by atoms with Gasteiger partial charge in [-0.05, 0) is 23.6 Å². The Balaban J connectivity index is 1.42. The van der Waals surface area contributed by atoms with Crippen LogP contribution in [-0.4, -0.2) is 57.3 Å². The van der Waals surface area contributed by atoms with Crippen LogP contribution in [0.3, 0.4) is 0 Å². The van der Waals surface area contributed by atoms with Crippen LogP contribution in [0.5, 0.6) is 0 Å². The molecule has 42 heavy (non-hydrogen) atoms. The summed E-state index contributed by atoms with van der Waals surface area (Å²) in [5.41, 5.74) is 2.19. The molecule has 1 saturated heterocycles.